The highest BCUT2D eigenvalue weighted by atomic mass is 35.5. The monoisotopic (exact) mass is 286 g/mol. The van der Waals surface area contributed by atoms with Crippen LogP contribution in [0.3, 0.4) is 0 Å². The van der Waals surface area contributed by atoms with Crippen molar-refractivity contribution in [1.29, 1.82) is 0 Å². The first-order chi connectivity index (χ1) is 9.12. The Labute approximate surface area is 113 Å². The first-order valence-electron chi connectivity index (χ1n) is 5.15. The van der Waals surface area contributed by atoms with Crippen molar-refractivity contribution in [2.75, 3.05) is 19.0 Å². The van der Waals surface area contributed by atoms with Crippen molar-refractivity contribution in [2.45, 2.75) is 6.92 Å². The van der Waals surface area contributed by atoms with Crippen molar-refractivity contribution in [3.63, 3.8) is 0 Å². The molecule has 9 heteroatoms. The minimum absolute atomic E-state index is 0.0300. The first kappa shape index (κ1) is 14.8. The highest BCUT2D eigenvalue weighted by molar-refractivity contribution is 6.42. The molecule has 19 heavy (non-hydrogen) atoms. The number of rotatable bonds is 6. The van der Waals surface area contributed by atoms with Crippen molar-refractivity contribution in [2.24, 2.45) is 5.16 Å². The summed E-state index contributed by atoms with van der Waals surface area (Å²) in [5.41, 5.74) is -0.249. The van der Waals surface area contributed by atoms with E-state index in [1.807, 2.05) is 0 Å². The zero-order chi connectivity index (χ0) is 14.3. The predicted octanol–water partition coefficient (Wildman–Crippen LogP) is 0.612. The lowest BCUT2D eigenvalue weighted by Gasteiger charge is -2.06. The number of esters is 1. The lowest BCUT2D eigenvalue weighted by Crippen LogP contribution is -2.22. The summed E-state index contributed by atoms with van der Waals surface area (Å²) in [7, 11) is 1.26. The van der Waals surface area contributed by atoms with Crippen LogP contribution in [0.25, 0.3) is 0 Å². The normalized spacial score (nSPS) is 10.8. The molecule has 1 N–H and O–H groups in total. The van der Waals surface area contributed by atoms with Gasteiger partial charge in [-0.3, -0.25) is 4.79 Å². The molecule has 0 saturated carbocycles. The number of amides is 1. The van der Waals surface area contributed by atoms with Crippen LogP contribution in [-0.4, -0.2) is 41.8 Å². The molecule has 102 valence electrons. The van der Waals surface area contributed by atoms with Crippen LogP contribution in [0.5, 0.6) is 0 Å². The van der Waals surface area contributed by atoms with E-state index in [1.165, 1.54) is 13.2 Å². The molecule has 0 bridgehead atoms. The van der Waals surface area contributed by atoms with Crippen molar-refractivity contribution >= 4 is 35.5 Å². The molecule has 1 rings (SSSR count). The molecular weight excluding hydrogens is 276 g/mol. The van der Waals surface area contributed by atoms with Gasteiger partial charge in [0.15, 0.2) is 5.82 Å². The van der Waals surface area contributed by atoms with Gasteiger partial charge in [0.2, 0.25) is 12.1 Å². The van der Waals surface area contributed by atoms with E-state index >= 15 is 0 Å². The van der Waals surface area contributed by atoms with E-state index in [9.17, 15) is 9.59 Å². The lowest BCUT2D eigenvalue weighted by atomic mass is 10.3. The summed E-state index contributed by atoms with van der Waals surface area (Å²) in [6, 6.07) is 1.31. The zero-order valence-electron chi connectivity index (χ0n) is 10.2. The van der Waals surface area contributed by atoms with Crippen LogP contribution in [-0.2, 0) is 19.2 Å². The molecule has 0 unspecified atom stereocenters. The molecule has 1 amide bonds. The molecule has 1 aromatic heterocycles. The van der Waals surface area contributed by atoms with Gasteiger partial charge in [0.1, 0.15) is 18.1 Å². The van der Waals surface area contributed by atoms with Gasteiger partial charge in [-0.15, -0.1) is 0 Å². The third-order valence-electron chi connectivity index (χ3n) is 1.76. The third-order valence-corrected chi connectivity index (χ3v) is 1.96. The molecule has 0 atom stereocenters. The van der Waals surface area contributed by atoms with Gasteiger partial charge in [0.05, 0.1) is 6.61 Å². The fourth-order valence-electron chi connectivity index (χ4n) is 1.12. The van der Waals surface area contributed by atoms with Crippen LogP contribution in [0.4, 0.5) is 5.82 Å². The topological polar surface area (TPSA) is 103 Å². The Balaban J connectivity index is 3.19. The number of ether oxygens (including phenoxy) is 1. The van der Waals surface area contributed by atoms with E-state index in [0.29, 0.717) is 6.41 Å². The van der Waals surface area contributed by atoms with Gasteiger partial charge in [-0.05, 0) is 6.92 Å². The quantitative estimate of drug-likeness (QED) is 0.270. The number of hydrogen-bond acceptors (Lipinski definition) is 7. The van der Waals surface area contributed by atoms with Gasteiger partial charge in [-0.25, -0.2) is 14.8 Å². The SMILES string of the molecule is CCOC(=O)C(=NOC)c1nc(Cl)cc(NC=O)n1. The molecule has 0 radical (unpaired) electrons. The average molecular weight is 287 g/mol. The Morgan fingerprint density at radius 3 is 2.89 bits per heavy atom. The Morgan fingerprint density at radius 2 is 2.32 bits per heavy atom. The summed E-state index contributed by atoms with van der Waals surface area (Å²) < 4.78 is 4.79. The predicted molar refractivity (Wildman–Crippen MR) is 66.9 cm³/mol. The summed E-state index contributed by atoms with van der Waals surface area (Å²) in [5, 5.41) is 5.82. The van der Waals surface area contributed by atoms with Crippen LogP contribution in [0.2, 0.25) is 5.15 Å². The minimum atomic E-state index is -0.760. The van der Waals surface area contributed by atoms with Gasteiger partial charge in [-0.1, -0.05) is 16.8 Å². The largest absolute Gasteiger partial charge is 0.461 e. The van der Waals surface area contributed by atoms with Crippen molar-refractivity contribution in [3.8, 4) is 0 Å². The van der Waals surface area contributed by atoms with Gasteiger partial charge in [0.25, 0.3) is 0 Å². The van der Waals surface area contributed by atoms with E-state index in [0.717, 1.165) is 0 Å². The van der Waals surface area contributed by atoms with E-state index in [-0.39, 0.29) is 29.1 Å². The molecule has 0 spiro atoms. The second-order valence-electron chi connectivity index (χ2n) is 3.00. The first-order valence-corrected chi connectivity index (χ1v) is 5.53. The van der Waals surface area contributed by atoms with Gasteiger partial charge < -0.3 is 14.9 Å². The highest BCUT2D eigenvalue weighted by Crippen LogP contribution is 2.12. The van der Waals surface area contributed by atoms with Crippen LogP contribution in [0.1, 0.15) is 12.7 Å². The van der Waals surface area contributed by atoms with Crippen LogP contribution >= 0.6 is 11.6 Å². The Hall–Kier alpha value is -2.22. The summed E-state index contributed by atoms with van der Waals surface area (Å²) in [4.78, 5) is 34.3. The Bertz CT molecular complexity index is 506. The molecule has 0 aliphatic heterocycles. The van der Waals surface area contributed by atoms with E-state index in [1.54, 1.807) is 6.92 Å². The van der Waals surface area contributed by atoms with Crippen LogP contribution in [0, 0.1) is 0 Å². The second kappa shape index (κ2) is 7.27. The molecule has 0 saturated heterocycles. The highest BCUT2D eigenvalue weighted by Gasteiger charge is 2.21. The number of anilines is 1. The molecule has 0 fully saturated rings. The van der Waals surface area contributed by atoms with Crippen molar-refractivity contribution in [1.82, 2.24) is 9.97 Å². The summed E-state index contributed by atoms with van der Waals surface area (Å²) in [6.07, 6.45) is 0.417. The lowest BCUT2D eigenvalue weighted by molar-refractivity contribution is -0.135. The number of carbonyl (C=O) groups excluding carboxylic acids is 2. The summed E-state index contributed by atoms with van der Waals surface area (Å²) in [5.74, 6) is -0.751. The van der Waals surface area contributed by atoms with E-state index < -0.39 is 5.97 Å². The fraction of sp³-hybridized carbons (Fsp3) is 0.300. The number of nitrogens with one attached hydrogen (secondary N) is 1. The Morgan fingerprint density at radius 1 is 1.58 bits per heavy atom. The molecule has 8 nitrogen and oxygen atoms in total. The van der Waals surface area contributed by atoms with Crippen molar-refractivity contribution < 1.29 is 19.2 Å². The fourth-order valence-corrected chi connectivity index (χ4v) is 1.30. The molecular formula is C10H11ClN4O4. The minimum Gasteiger partial charge on any atom is -0.461 e. The summed E-state index contributed by atoms with van der Waals surface area (Å²) >= 11 is 5.76. The maximum absolute atomic E-state index is 11.7. The van der Waals surface area contributed by atoms with Gasteiger partial charge >= 0.3 is 5.97 Å². The second-order valence-corrected chi connectivity index (χ2v) is 3.39. The Kier molecular flexibility index (Phi) is 5.68. The molecule has 0 aliphatic rings. The number of oxime groups is 1. The molecule has 0 aliphatic carbocycles. The maximum atomic E-state index is 11.7. The molecule has 1 heterocycles. The van der Waals surface area contributed by atoms with Crippen LogP contribution in [0.15, 0.2) is 11.2 Å². The van der Waals surface area contributed by atoms with E-state index in [4.69, 9.17) is 16.3 Å². The van der Waals surface area contributed by atoms with Crippen molar-refractivity contribution in [3.05, 3.63) is 17.0 Å². The maximum Gasteiger partial charge on any atom is 0.364 e. The number of aromatic nitrogens is 2. The van der Waals surface area contributed by atoms with Crippen LogP contribution < -0.4 is 5.32 Å². The smallest absolute Gasteiger partial charge is 0.364 e. The number of nitrogens with zero attached hydrogens (tertiary/aromatic N) is 3. The number of hydrogen-bond donors (Lipinski definition) is 1. The van der Waals surface area contributed by atoms with Gasteiger partial charge in [-0.2, -0.15) is 0 Å². The number of halogens is 1. The molecule has 0 aromatic carbocycles. The zero-order valence-corrected chi connectivity index (χ0v) is 11.0. The average Bonchev–Trinajstić information content (AvgIpc) is 2.35. The number of carbonyl (C=O) groups is 2. The standard InChI is InChI=1S/C10H11ClN4O4/c1-3-19-10(17)8(15-18-2)9-13-6(11)4-7(14-9)12-5-16/h4-5H,3H2,1-2H3,(H,12,13,14,16). The summed E-state index contributed by atoms with van der Waals surface area (Å²) in [6.45, 7) is 1.79. The molecule has 1 aromatic rings. The van der Waals surface area contributed by atoms with Gasteiger partial charge in [0, 0.05) is 6.07 Å². The third kappa shape index (κ3) is 4.18. The van der Waals surface area contributed by atoms with E-state index in [2.05, 4.69) is 25.3 Å².